The van der Waals surface area contributed by atoms with Gasteiger partial charge < -0.3 is 20.6 Å². The van der Waals surface area contributed by atoms with Gasteiger partial charge in [-0.25, -0.2) is 9.89 Å². The normalized spacial score (nSPS) is 26.4. The number of β-lactam (4-membered cyclic amide) rings is 1. The maximum Gasteiger partial charge on any atom is 0.315 e. The molecule has 2 saturated heterocycles. The predicted molar refractivity (Wildman–Crippen MR) is 111 cm³/mol. The summed E-state index contributed by atoms with van der Waals surface area (Å²) in [6.07, 6.45) is 0. The summed E-state index contributed by atoms with van der Waals surface area (Å²) in [6.45, 7) is 2.25. The Labute approximate surface area is 183 Å². The number of amides is 3. The third kappa shape index (κ3) is 3.86. The topological polar surface area (TPSA) is 153 Å². The van der Waals surface area contributed by atoms with Gasteiger partial charge in [-0.3, -0.25) is 9.59 Å². The number of carboxylic acids is 1. The van der Waals surface area contributed by atoms with Crippen molar-refractivity contribution in [1.82, 2.24) is 36.2 Å². The molecule has 0 spiro atoms. The van der Waals surface area contributed by atoms with Gasteiger partial charge in [-0.1, -0.05) is 24.8 Å². The zero-order chi connectivity index (χ0) is 21.3. The van der Waals surface area contributed by atoms with E-state index < -0.39 is 23.5 Å². The minimum atomic E-state index is -1.15. The Morgan fingerprint density at radius 1 is 1.53 bits per heavy atom. The fraction of sp³-hybridized carbons (Fsp3) is 0.500. The van der Waals surface area contributed by atoms with E-state index in [0.29, 0.717) is 17.5 Å². The molecule has 2 aliphatic heterocycles. The number of thioether (sulfide) groups is 2. The molecule has 0 saturated carbocycles. The van der Waals surface area contributed by atoms with Crippen LogP contribution in [-0.4, -0.2) is 77.5 Å². The molecule has 14 heteroatoms. The van der Waals surface area contributed by atoms with E-state index in [1.807, 2.05) is 17.5 Å². The molecule has 160 valence electrons. The number of carboxylic acid groups (broad SMARTS) is 1. The van der Waals surface area contributed by atoms with Gasteiger partial charge in [-0.05, 0) is 21.9 Å². The van der Waals surface area contributed by atoms with Crippen LogP contribution in [0.2, 0.25) is 0 Å². The molecular weight excluding hydrogens is 450 g/mol. The molecule has 2 aromatic rings. The van der Waals surface area contributed by atoms with Crippen LogP contribution in [0.15, 0.2) is 22.7 Å². The predicted octanol–water partition coefficient (Wildman–Crippen LogP) is 0.596. The number of tetrazole rings is 1. The van der Waals surface area contributed by atoms with Gasteiger partial charge in [-0.2, -0.15) is 0 Å². The van der Waals surface area contributed by atoms with Gasteiger partial charge in [0.2, 0.25) is 11.1 Å². The smallest absolute Gasteiger partial charge is 0.315 e. The lowest BCUT2D eigenvalue weighted by atomic mass is 9.84. The second-order valence-corrected chi connectivity index (χ2v) is 10.4. The standard InChI is InChI=1S/C16H19N7O4S3/c1-8(30-15-19-21-22-20-15)16(13(25)26)6-23-11(24)10(12(23)29-7-16)18-14(27)17-5-9-3-2-4-28-9/h2-4,8,10,12H,5-7H2,1H3,(H,25,26)(H2,17,18,27)(H,19,20,21,22)/t8?,10?,12-,16?/m1/s1. The van der Waals surface area contributed by atoms with E-state index in [-0.39, 0.29) is 23.1 Å². The third-order valence-corrected chi connectivity index (χ3v) is 8.84. The van der Waals surface area contributed by atoms with E-state index in [1.165, 1.54) is 39.8 Å². The van der Waals surface area contributed by atoms with Crippen molar-refractivity contribution in [3.63, 3.8) is 0 Å². The molecule has 2 fully saturated rings. The molecule has 4 rings (SSSR count). The van der Waals surface area contributed by atoms with E-state index in [9.17, 15) is 19.5 Å². The van der Waals surface area contributed by atoms with Crippen molar-refractivity contribution >= 4 is 52.8 Å². The maximum atomic E-state index is 12.6. The molecule has 4 N–H and O–H groups in total. The number of carbonyl (C=O) groups is 3. The van der Waals surface area contributed by atoms with Crippen LogP contribution in [0, 0.1) is 5.41 Å². The highest BCUT2D eigenvalue weighted by atomic mass is 32.2. The summed E-state index contributed by atoms with van der Waals surface area (Å²) >= 11 is 4.13. The molecular formula is C16H19N7O4S3. The average molecular weight is 470 g/mol. The number of aromatic nitrogens is 4. The van der Waals surface area contributed by atoms with E-state index in [0.717, 1.165) is 4.88 Å². The fourth-order valence-electron chi connectivity index (χ4n) is 3.40. The lowest BCUT2D eigenvalue weighted by Crippen LogP contribution is -2.75. The summed E-state index contributed by atoms with van der Waals surface area (Å²) in [7, 11) is 0. The third-order valence-electron chi connectivity index (χ3n) is 5.21. The summed E-state index contributed by atoms with van der Waals surface area (Å²) in [5.74, 6) is -0.942. The summed E-state index contributed by atoms with van der Waals surface area (Å²) in [5, 5.41) is 30.5. The highest BCUT2D eigenvalue weighted by Crippen LogP contribution is 2.47. The first kappa shape index (κ1) is 20.9. The lowest BCUT2D eigenvalue weighted by molar-refractivity contribution is -0.157. The lowest BCUT2D eigenvalue weighted by Gasteiger charge is -2.54. The molecule has 2 aliphatic rings. The number of rotatable bonds is 7. The number of fused-ring (bicyclic) bond motifs is 1. The molecule has 0 radical (unpaired) electrons. The Morgan fingerprint density at radius 3 is 3.03 bits per heavy atom. The van der Waals surface area contributed by atoms with Crippen molar-refractivity contribution < 1.29 is 19.5 Å². The van der Waals surface area contributed by atoms with Crippen molar-refractivity contribution in [3.05, 3.63) is 22.4 Å². The molecule has 0 aliphatic carbocycles. The van der Waals surface area contributed by atoms with Crippen LogP contribution in [0.4, 0.5) is 4.79 Å². The Balaban J connectivity index is 1.37. The number of hydrogen-bond donors (Lipinski definition) is 4. The van der Waals surface area contributed by atoms with Gasteiger partial charge >= 0.3 is 12.0 Å². The molecule has 0 bridgehead atoms. The van der Waals surface area contributed by atoms with Crippen molar-refractivity contribution in [2.75, 3.05) is 12.3 Å². The first-order valence-electron chi connectivity index (χ1n) is 9.03. The summed E-state index contributed by atoms with van der Waals surface area (Å²) in [5.41, 5.74) is -1.15. The molecule has 4 atom stereocenters. The Kier molecular flexibility index (Phi) is 5.88. The zero-order valence-corrected chi connectivity index (χ0v) is 18.2. The van der Waals surface area contributed by atoms with Crippen molar-refractivity contribution in [2.45, 2.75) is 35.3 Å². The van der Waals surface area contributed by atoms with E-state index >= 15 is 0 Å². The van der Waals surface area contributed by atoms with Crippen LogP contribution < -0.4 is 10.6 Å². The molecule has 3 amide bonds. The minimum absolute atomic E-state index is 0.0730. The van der Waals surface area contributed by atoms with Crippen molar-refractivity contribution in [2.24, 2.45) is 5.41 Å². The van der Waals surface area contributed by atoms with Crippen LogP contribution in [0.5, 0.6) is 0 Å². The molecule has 30 heavy (non-hydrogen) atoms. The number of hydrogen-bond acceptors (Lipinski definition) is 9. The second-order valence-electron chi connectivity index (χ2n) is 6.98. The van der Waals surface area contributed by atoms with Crippen LogP contribution in [0.1, 0.15) is 11.8 Å². The average Bonchev–Trinajstić information content (AvgIpc) is 3.43. The summed E-state index contributed by atoms with van der Waals surface area (Å²) in [4.78, 5) is 39.5. The molecule has 2 aromatic heterocycles. The second kappa shape index (κ2) is 8.43. The van der Waals surface area contributed by atoms with Crippen LogP contribution >= 0.6 is 34.9 Å². The van der Waals surface area contributed by atoms with E-state index in [1.54, 1.807) is 6.92 Å². The molecule has 0 aromatic carbocycles. The highest BCUT2D eigenvalue weighted by molar-refractivity contribution is 8.01. The van der Waals surface area contributed by atoms with Crippen molar-refractivity contribution in [3.8, 4) is 0 Å². The Bertz CT molecular complexity index is 925. The van der Waals surface area contributed by atoms with Crippen LogP contribution in [-0.2, 0) is 16.1 Å². The Morgan fingerprint density at radius 2 is 2.37 bits per heavy atom. The van der Waals surface area contributed by atoms with Gasteiger partial charge in [0.1, 0.15) is 16.8 Å². The number of carbonyl (C=O) groups excluding carboxylic acids is 2. The summed E-state index contributed by atoms with van der Waals surface area (Å²) in [6, 6.07) is 2.74. The number of nitrogens with zero attached hydrogens (tertiary/aromatic N) is 4. The first-order chi connectivity index (χ1) is 14.4. The first-order valence-corrected chi connectivity index (χ1v) is 11.8. The Hall–Kier alpha value is -2.32. The molecule has 11 nitrogen and oxygen atoms in total. The highest BCUT2D eigenvalue weighted by Gasteiger charge is 2.59. The van der Waals surface area contributed by atoms with Gasteiger partial charge in [0.15, 0.2) is 0 Å². The number of thiophene rings is 1. The fourth-order valence-corrected chi connectivity index (χ4v) is 6.81. The number of urea groups is 1. The van der Waals surface area contributed by atoms with E-state index in [2.05, 4.69) is 31.3 Å². The van der Waals surface area contributed by atoms with Crippen LogP contribution in [0.25, 0.3) is 0 Å². The SMILES string of the molecule is CC(Sc1nnn[nH]1)C1(C(=O)O)CS[C@@H]2C(NC(=O)NCc3cccs3)C(=O)N2C1. The molecule has 4 heterocycles. The van der Waals surface area contributed by atoms with E-state index in [4.69, 9.17) is 0 Å². The number of aliphatic carboxylic acids is 1. The minimum Gasteiger partial charge on any atom is -0.481 e. The van der Waals surface area contributed by atoms with Gasteiger partial charge in [-0.15, -0.1) is 28.2 Å². The number of aromatic amines is 1. The van der Waals surface area contributed by atoms with Crippen molar-refractivity contribution in [1.29, 1.82) is 0 Å². The number of H-pyrrole nitrogens is 1. The molecule has 3 unspecified atom stereocenters. The number of nitrogens with one attached hydrogen (secondary N) is 3. The van der Waals surface area contributed by atoms with Gasteiger partial charge in [0, 0.05) is 22.4 Å². The monoisotopic (exact) mass is 469 g/mol. The zero-order valence-electron chi connectivity index (χ0n) is 15.8. The quantitative estimate of drug-likeness (QED) is 0.337. The van der Waals surface area contributed by atoms with Crippen LogP contribution in [0.3, 0.4) is 0 Å². The van der Waals surface area contributed by atoms with Gasteiger partial charge in [0.25, 0.3) is 0 Å². The maximum absolute atomic E-state index is 12.6. The largest absolute Gasteiger partial charge is 0.481 e. The van der Waals surface area contributed by atoms with Gasteiger partial charge in [0.05, 0.1) is 6.54 Å². The summed E-state index contributed by atoms with van der Waals surface area (Å²) < 4.78 is 0.